The van der Waals surface area contributed by atoms with Gasteiger partial charge < -0.3 is 15.7 Å². The van der Waals surface area contributed by atoms with Crippen LogP contribution >= 0.6 is 0 Å². The van der Waals surface area contributed by atoms with Crippen LogP contribution in [0.1, 0.15) is 5.56 Å². The molecule has 0 aromatic heterocycles. The fraction of sp³-hybridized carbons (Fsp3) is 0.294. The van der Waals surface area contributed by atoms with Gasteiger partial charge in [0.05, 0.1) is 23.7 Å². The Hall–Kier alpha value is -2.05. The number of rotatable bonds is 4. The summed E-state index contributed by atoms with van der Waals surface area (Å²) in [6, 6.07) is 16.6. The largest absolute Gasteiger partial charge is 0.399 e. The van der Waals surface area contributed by atoms with Crippen molar-refractivity contribution in [2.45, 2.75) is 18.7 Å². The highest BCUT2D eigenvalue weighted by Gasteiger charge is 2.40. The molecule has 0 unspecified atom stereocenters. The van der Waals surface area contributed by atoms with Crippen LogP contribution in [0.2, 0.25) is 0 Å². The molecule has 0 bridgehead atoms. The van der Waals surface area contributed by atoms with Gasteiger partial charge in [-0.3, -0.25) is 0 Å². The first-order chi connectivity index (χ1) is 10.9. The molecule has 3 N–H and O–H groups in total. The maximum absolute atomic E-state index is 11.9. The molecule has 1 aliphatic heterocycles. The van der Waals surface area contributed by atoms with Gasteiger partial charge in [-0.15, -0.1) is 0 Å². The minimum atomic E-state index is -3.21. The van der Waals surface area contributed by atoms with Gasteiger partial charge >= 0.3 is 0 Å². The van der Waals surface area contributed by atoms with Gasteiger partial charge in [-0.1, -0.05) is 30.3 Å². The van der Waals surface area contributed by atoms with Crippen molar-refractivity contribution < 1.29 is 13.5 Å². The van der Waals surface area contributed by atoms with E-state index in [-0.39, 0.29) is 11.5 Å². The van der Waals surface area contributed by atoms with Crippen LogP contribution in [0, 0.1) is 0 Å². The number of para-hydroxylation sites is 1. The highest BCUT2D eigenvalue weighted by atomic mass is 32.2. The van der Waals surface area contributed by atoms with Crippen LogP contribution in [-0.2, 0) is 16.4 Å². The summed E-state index contributed by atoms with van der Waals surface area (Å²) in [5, 5.41) is 10.2. The summed E-state index contributed by atoms with van der Waals surface area (Å²) in [4.78, 5) is 1.96. The molecule has 1 fully saturated rings. The quantitative estimate of drug-likeness (QED) is 0.828. The van der Waals surface area contributed by atoms with Crippen molar-refractivity contribution in [3.05, 3.63) is 60.2 Å². The third-order valence-electron chi connectivity index (χ3n) is 4.11. The Bertz CT molecular complexity index is 760. The molecule has 0 spiro atoms. The van der Waals surface area contributed by atoms with Gasteiger partial charge in [-0.25, -0.2) is 8.42 Å². The maximum Gasteiger partial charge on any atom is 0.155 e. The van der Waals surface area contributed by atoms with Crippen LogP contribution in [-0.4, -0.2) is 37.2 Å². The van der Waals surface area contributed by atoms with E-state index in [4.69, 9.17) is 5.73 Å². The number of aliphatic hydroxyl groups excluding tert-OH is 1. The second-order valence-electron chi connectivity index (χ2n) is 5.92. The van der Waals surface area contributed by atoms with E-state index in [1.54, 1.807) is 0 Å². The molecule has 0 aliphatic carbocycles. The number of hydrogen-bond donors (Lipinski definition) is 2. The van der Waals surface area contributed by atoms with Crippen LogP contribution in [0.3, 0.4) is 0 Å². The van der Waals surface area contributed by atoms with E-state index in [0.717, 1.165) is 11.3 Å². The van der Waals surface area contributed by atoms with Gasteiger partial charge in [0.25, 0.3) is 0 Å². The first kappa shape index (κ1) is 15.8. The smallest absolute Gasteiger partial charge is 0.155 e. The van der Waals surface area contributed by atoms with Crippen LogP contribution in [0.4, 0.5) is 11.4 Å². The van der Waals surface area contributed by atoms with Gasteiger partial charge in [0.1, 0.15) is 0 Å². The molecular weight excluding hydrogens is 312 g/mol. The molecule has 2 aromatic carbocycles. The molecular formula is C17H20N2O3S. The Morgan fingerprint density at radius 2 is 1.70 bits per heavy atom. The predicted octanol–water partition coefficient (Wildman–Crippen LogP) is 1.43. The Morgan fingerprint density at radius 1 is 1.04 bits per heavy atom. The molecule has 1 saturated heterocycles. The minimum absolute atomic E-state index is 0.0297. The summed E-state index contributed by atoms with van der Waals surface area (Å²) in [6.07, 6.45) is -0.881. The lowest BCUT2D eigenvalue weighted by atomic mass is 10.1. The Morgan fingerprint density at radius 3 is 2.26 bits per heavy atom. The molecule has 0 radical (unpaired) electrons. The molecule has 1 aliphatic rings. The molecule has 2 atom stereocenters. The van der Waals surface area contributed by atoms with Crippen LogP contribution < -0.4 is 10.6 Å². The number of nitrogens with zero attached hydrogens (tertiary/aromatic N) is 1. The van der Waals surface area contributed by atoms with Crippen molar-refractivity contribution >= 4 is 21.2 Å². The zero-order valence-corrected chi connectivity index (χ0v) is 13.5. The number of benzene rings is 2. The monoisotopic (exact) mass is 332 g/mol. The number of nitrogens with two attached hydrogens (primary N) is 1. The van der Waals surface area contributed by atoms with Crippen molar-refractivity contribution in [2.75, 3.05) is 22.1 Å². The average Bonchev–Trinajstić information content (AvgIpc) is 2.80. The topological polar surface area (TPSA) is 83.6 Å². The lowest BCUT2D eigenvalue weighted by Gasteiger charge is -2.32. The SMILES string of the molecule is Nc1ccc(CN(c2ccccc2)[C@@H]2CS(=O)(=O)C[C@@H]2O)cc1. The maximum atomic E-state index is 11.9. The number of hydrogen-bond acceptors (Lipinski definition) is 5. The van der Waals surface area contributed by atoms with Gasteiger partial charge in [0, 0.05) is 17.9 Å². The van der Waals surface area contributed by atoms with Crippen molar-refractivity contribution in [3.8, 4) is 0 Å². The molecule has 3 rings (SSSR count). The first-order valence-corrected chi connectivity index (χ1v) is 9.31. The first-order valence-electron chi connectivity index (χ1n) is 7.49. The van der Waals surface area contributed by atoms with Crippen molar-refractivity contribution in [1.82, 2.24) is 0 Å². The molecule has 0 saturated carbocycles. The van der Waals surface area contributed by atoms with Crippen molar-refractivity contribution in [3.63, 3.8) is 0 Å². The molecule has 1 heterocycles. The summed E-state index contributed by atoms with van der Waals surface area (Å²) in [5.41, 5.74) is 8.31. The standard InChI is InChI=1S/C17H20N2O3S/c18-14-8-6-13(7-9-14)10-19(15-4-2-1-3-5-15)16-11-23(21,22)12-17(16)20/h1-9,16-17,20H,10-12,18H2/t16-,17+/m1/s1. The minimum Gasteiger partial charge on any atom is -0.399 e. The molecule has 23 heavy (non-hydrogen) atoms. The Kier molecular flexibility index (Phi) is 4.28. The number of nitrogen functional groups attached to an aromatic ring is 1. The van der Waals surface area contributed by atoms with E-state index >= 15 is 0 Å². The lowest BCUT2D eigenvalue weighted by molar-refractivity contribution is 0.178. The zero-order valence-electron chi connectivity index (χ0n) is 12.7. The average molecular weight is 332 g/mol. The third-order valence-corrected chi connectivity index (χ3v) is 5.81. The molecule has 5 nitrogen and oxygen atoms in total. The van der Waals surface area contributed by atoms with E-state index in [9.17, 15) is 13.5 Å². The van der Waals surface area contributed by atoms with Gasteiger partial charge in [-0.05, 0) is 29.8 Å². The summed E-state index contributed by atoms with van der Waals surface area (Å²) >= 11 is 0. The van der Waals surface area contributed by atoms with Gasteiger partial charge in [0.15, 0.2) is 9.84 Å². The highest BCUT2D eigenvalue weighted by Crippen LogP contribution is 2.26. The third kappa shape index (κ3) is 3.65. The van der Waals surface area contributed by atoms with E-state index < -0.39 is 22.0 Å². The molecule has 122 valence electrons. The number of sulfone groups is 1. The summed E-state index contributed by atoms with van der Waals surface area (Å²) < 4.78 is 23.8. The van der Waals surface area contributed by atoms with E-state index in [0.29, 0.717) is 12.2 Å². The van der Waals surface area contributed by atoms with Crippen LogP contribution in [0.15, 0.2) is 54.6 Å². The molecule has 6 heteroatoms. The fourth-order valence-corrected chi connectivity index (χ4v) is 4.75. The van der Waals surface area contributed by atoms with Crippen LogP contribution in [0.5, 0.6) is 0 Å². The molecule has 0 amide bonds. The lowest BCUT2D eigenvalue weighted by Crippen LogP contribution is -2.42. The second kappa shape index (κ2) is 6.22. The van der Waals surface area contributed by atoms with E-state index in [1.807, 2.05) is 59.5 Å². The number of anilines is 2. The predicted molar refractivity (Wildman–Crippen MR) is 91.9 cm³/mol. The normalized spacial score (nSPS) is 22.8. The summed E-state index contributed by atoms with van der Waals surface area (Å²) in [7, 11) is -3.21. The van der Waals surface area contributed by atoms with Gasteiger partial charge in [-0.2, -0.15) is 0 Å². The summed E-state index contributed by atoms with van der Waals surface area (Å²) in [6.45, 7) is 0.515. The number of aliphatic hydroxyl groups is 1. The molecule has 2 aromatic rings. The van der Waals surface area contributed by atoms with E-state index in [2.05, 4.69) is 0 Å². The second-order valence-corrected chi connectivity index (χ2v) is 8.07. The Balaban J connectivity index is 1.93. The summed E-state index contributed by atoms with van der Waals surface area (Å²) in [5.74, 6) is -0.208. The van der Waals surface area contributed by atoms with Gasteiger partial charge in [0.2, 0.25) is 0 Å². The van der Waals surface area contributed by atoms with Crippen molar-refractivity contribution in [1.29, 1.82) is 0 Å². The van der Waals surface area contributed by atoms with E-state index in [1.165, 1.54) is 0 Å². The van der Waals surface area contributed by atoms with Crippen molar-refractivity contribution in [2.24, 2.45) is 0 Å². The zero-order chi connectivity index (χ0) is 16.4. The van der Waals surface area contributed by atoms with Crippen LogP contribution in [0.25, 0.3) is 0 Å². The Labute approximate surface area is 136 Å². The highest BCUT2D eigenvalue weighted by molar-refractivity contribution is 7.91. The fourth-order valence-electron chi connectivity index (χ4n) is 2.95.